The summed E-state index contributed by atoms with van der Waals surface area (Å²) in [5.41, 5.74) is -0.418. The second-order valence-electron chi connectivity index (χ2n) is 5.80. The van der Waals surface area contributed by atoms with Crippen molar-refractivity contribution in [3.63, 3.8) is 0 Å². The van der Waals surface area contributed by atoms with E-state index in [0.717, 1.165) is 31.5 Å². The largest absolute Gasteiger partial charge is 0.302 e. The number of carbonyl (C=O) groups is 1. The van der Waals surface area contributed by atoms with Gasteiger partial charge in [-0.25, -0.2) is 0 Å². The molecular formula is C12H22ClNO. The molecule has 0 aromatic carbocycles. The summed E-state index contributed by atoms with van der Waals surface area (Å²) in [6.07, 6.45) is 1.30. The quantitative estimate of drug-likeness (QED) is 0.697. The molecule has 3 heteroatoms. The van der Waals surface area contributed by atoms with Crippen LogP contribution in [-0.2, 0) is 4.79 Å². The summed E-state index contributed by atoms with van der Waals surface area (Å²) in [5, 5.41) is -0.228. The van der Waals surface area contributed by atoms with Crippen LogP contribution in [0.4, 0.5) is 0 Å². The Kier molecular flexibility index (Phi) is 4.19. The van der Waals surface area contributed by atoms with Gasteiger partial charge >= 0.3 is 0 Å². The average molecular weight is 232 g/mol. The summed E-state index contributed by atoms with van der Waals surface area (Å²) < 4.78 is 0. The highest BCUT2D eigenvalue weighted by atomic mass is 35.5. The first kappa shape index (κ1) is 13.0. The fraction of sp³-hybridized carbons (Fsp3) is 0.917. The maximum atomic E-state index is 11.2. The smallest absolute Gasteiger partial charge is 0.228 e. The van der Waals surface area contributed by atoms with Gasteiger partial charge in [-0.15, -0.1) is 0 Å². The Morgan fingerprint density at radius 1 is 1.33 bits per heavy atom. The second kappa shape index (κ2) is 4.84. The molecule has 0 saturated carbocycles. The van der Waals surface area contributed by atoms with E-state index in [-0.39, 0.29) is 5.24 Å². The van der Waals surface area contributed by atoms with E-state index in [1.165, 1.54) is 6.42 Å². The van der Waals surface area contributed by atoms with Crippen molar-refractivity contribution in [2.75, 3.05) is 19.6 Å². The summed E-state index contributed by atoms with van der Waals surface area (Å²) in [6.45, 7) is 11.4. The van der Waals surface area contributed by atoms with Gasteiger partial charge in [-0.2, -0.15) is 0 Å². The van der Waals surface area contributed by atoms with Crippen LogP contribution < -0.4 is 0 Å². The van der Waals surface area contributed by atoms with Crippen molar-refractivity contribution < 1.29 is 4.79 Å². The summed E-state index contributed by atoms with van der Waals surface area (Å²) in [5.74, 6) is 1.46. The van der Waals surface area contributed by atoms with Gasteiger partial charge in [-0.05, 0) is 29.9 Å². The van der Waals surface area contributed by atoms with Crippen LogP contribution in [0.3, 0.4) is 0 Å². The van der Waals surface area contributed by atoms with E-state index < -0.39 is 5.41 Å². The maximum absolute atomic E-state index is 11.2. The third kappa shape index (κ3) is 3.76. The minimum absolute atomic E-state index is 0.228. The van der Waals surface area contributed by atoms with Gasteiger partial charge in [-0.1, -0.05) is 27.7 Å². The molecule has 0 aliphatic carbocycles. The molecular weight excluding hydrogens is 210 g/mol. The molecule has 0 aromatic heterocycles. The first-order valence-electron chi connectivity index (χ1n) is 5.73. The van der Waals surface area contributed by atoms with Crippen molar-refractivity contribution in [2.24, 2.45) is 17.3 Å². The van der Waals surface area contributed by atoms with E-state index in [9.17, 15) is 4.79 Å². The Bertz CT molecular complexity index is 230. The number of hydrogen-bond acceptors (Lipinski definition) is 2. The van der Waals surface area contributed by atoms with E-state index in [2.05, 4.69) is 18.7 Å². The van der Waals surface area contributed by atoms with Gasteiger partial charge in [0.25, 0.3) is 0 Å². The Morgan fingerprint density at radius 2 is 1.80 bits per heavy atom. The molecule has 1 saturated heterocycles. The zero-order valence-corrected chi connectivity index (χ0v) is 11.0. The number of hydrogen-bond donors (Lipinski definition) is 0. The van der Waals surface area contributed by atoms with Gasteiger partial charge in [0.15, 0.2) is 0 Å². The number of nitrogens with zero attached hydrogens (tertiary/aromatic N) is 1. The first-order valence-corrected chi connectivity index (χ1v) is 6.11. The highest BCUT2D eigenvalue weighted by Gasteiger charge is 2.31. The van der Waals surface area contributed by atoms with Crippen LogP contribution in [0.15, 0.2) is 0 Å². The monoisotopic (exact) mass is 231 g/mol. The first-order chi connectivity index (χ1) is 6.81. The van der Waals surface area contributed by atoms with Crippen LogP contribution in [0.2, 0.25) is 0 Å². The molecule has 0 N–H and O–H groups in total. The number of rotatable bonds is 3. The Morgan fingerprint density at radius 3 is 2.20 bits per heavy atom. The zero-order valence-electron chi connectivity index (χ0n) is 10.2. The lowest BCUT2D eigenvalue weighted by molar-refractivity contribution is -0.120. The summed E-state index contributed by atoms with van der Waals surface area (Å²) in [4.78, 5) is 13.6. The van der Waals surface area contributed by atoms with Crippen LogP contribution in [-0.4, -0.2) is 29.8 Å². The fourth-order valence-corrected chi connectivity index (χ4v) is 2.60. The lowest BCUT2D eigenvalue weighted by atomic mass is 9.88. The number of piperidine rings is 1. The van der Waals surface area contributed by atoms with Gasteiger partial charge in [0.05, 0.1) is 5.41 Å². The predicted octanol–water partition coefficient (Wildman–Crippen LogP) is 2.76. The van der Waals surface area contributed by atoms with Gasteiger partial charge in [0, 0.05) is 19.6 Å². The highest BCUT2D eigenvalue weighted by Crippen LogP contribution is 2.26. The van der Waals surface area contributed by atoms with Crippen molar-refractivity contribution in [3.8, 4) is 0 Å². The lowest BCUT2D eigenvalue weighted by Gasteiger charge is -2.38. The standard InChI is InChI=1S/C12H22ClNO/c1-9-5-10(2)7-14(6-9)8-12(3,4)11(13)15/h9-10H,5-8H2,1-4H3. The third-order valence-electron chi connectivity index (χ3n) is 3.10. The molecule has 15 heavy (non-hydrogen) atoms. The van der Waals surface area contributed by atoms with Crippen molar-refractivity contribution >= 4 is 16.8 Å². The maximum Gasteiger partial charge on any atom is 0.228 e. The SMILES string of the molecule is CC1CC(C)CN(CC(C)(C)C(=O)Cl)C1. The highest BCUT2D eigenvalue weighted by molar-refractivity contribution is 6.64. The number of likely N-dealkylation sites (tertiary alicyclic amines) is 1. The van der Waals surface area contributed by atoms with E-state index in [0.29, 0.717) is 0 Å². The molecule has 1 fully saturated rings. The molecule has 0 radical (unpaired) electrons. The molecule has 1 aliphatic rings. The summed E-state index contributed by atoms with van der Waals surface area (Å²) in [7, 11) is 0. The number of carbonyl (C=O) groups excluding carboxylic acids is 1. The van der Waals surface area contributed by atoms with Crippen molar-refractivity contribution in [1.82, 2.24) is 4.90 Å². The molecule has 88 valence electrons. The van der Waals surface area contributed by atoms with Crippen LogP contribution in [0, 0.1) is 17.3 Å². The van der Waals surface area contributed by atoms with Crippen molar-refractivity contribution in [1.29, 1.82) is 0 Å². The van der Waals surface area contributed by atoms with Crippen LogP contribution in [0.25, 0.3) is 0 Å². The van der Waals surface area contributed by atoms with Gasteiger partial charge in [0.2, 0.25) is 5.24 Å². The second-order valence-corrected chi connectivity index (χ2v) is 6.14. The van der Waals surface area contributed by atoms with Crippen molar-refractivity contribution in [2.45, 2.75) is 34.1 Å². The van der Waals surface area contributed by atoms with Gasteiger partial charge in [-0.3, -0.25) is 4.79 Å². The fourth-order valence-electron chi connectivity index (χ4n) is 2.54. The summed E-state index contributed by atoms with van der Waals surface area (Å²) >= 11 is 5.60. The molecule has 0 amide bonds. The molecule has 2 unspecified atom stereocenters. The number of halogens is 1. The van der Waals surface area contributed by atoms with Crippen LogP contribution >= 0.6 is 11.6 Å². The molecule has 1 aliphatic heterocycles. The van der Waals surface area contributed by atoms with E-state index in [1.807, 2.05) is 13.8 Å². The topological polar surface area (TPSA) is 20.3 Å². The van der Waals surface area contributed by atoms with Gasteiger partial charge in [0.1, 0.15) is 0 Å². The molecule has 0 aromatic rings. The Balaban J connectivity index is 2.54. The normalized spacial score (nSPS) is 29.1. The molecule has 0 spiro atoms. The van der Waals surface area contributed by atoms with E-state index >= 15 is 0 Å². The molecule has 2 atom stereocenters. The molecule has 2 nitrogen and oxygen atoms in total. The van der Waals surface area contributed by atoms with Gasteiger partial charge < -0.3 is 4.90 Å². The minimum Gasteiger partial charge on any atom is -0.302 e. The molecule has 0 bridgehead atoms. The lowest BCUT2D eigenvalue weighted by Crippen LogP contribution is -2.45. The van der Waals surface area contributed by atoms with Crippen molar-refractivity contribution in [3.05, 3.63) is 0 Å². The van der Waals surface area contributed by atoms with E-state index in [1.54, 1.807) is 0 Å². The Hall–Kier alpha value is -0.0800. The molecule has 1 rings (SSSR count). The van der Waals surface area contributed by atoms with Crippen LogP contribution in [0.5, 0.6) is 0 Å². The third-order valence-corrected chi connectivity index (χ3v) is 3.61. The minimum atomic E-state index is -0.418. The zero-order chi connectivity index (χ0) is 11.6. The molecule has 1 heterocycles. The Labute approximate surface area is 98.0 Å². The van der Waals surface area contributed by atoms with E-state index in [4.69, 9.17) is 11.6 Å². The predicted molar refractivity (Wildman–Crippen MR) is 64.0 cm³/mol. The van der Waals surface area contributed by atoms with Crippen LogP contribution in [0.1, 0.15) is 34.1 Å². The summed E-state index contributed by atoms with van der Waals surface area (Å²) in [6, 6.07) is 0. The average Bonchev–Trinajstić information content (AvgIpc) is 1.99.